The molecule has 3 nitrogen and oxygen atoms in total. The second-order valence-electron chi connectivity index (χ2n) is 5.30. The molecule has 2 atom stereocenters. The molecule has 1 saturated carbocycles. The van der Waals surface area contributed by atoms with Gasteiger partial charge in [0.1, 0.15) is 0 Å². The quantitative estimate of drug-likeness (QED) is 0.856. The number of hydrogen-bond donors (Lipinski definition) is 2. The molecule has 1 amide bonds. The monoisotopic (exact) mass is 346 g/mol. The fraction of sp³-hybridized carbons (Fsp3) is 0.500. The van der Waals surface area contributed by atoms with Crippen molar-refractivity contribution < 1.29 is 4.79 Å². The Kier molecular flexibility index (Phi) is 5.83. The molecule has 0 saturated heterocycles. The molecular weight excluding hydrogens is 328 g/mol. The largest absolute Gasteiger partial charge is 0.326 e. The maximum atomic E-state index is 12.3. The SMILES string of the molecule is CC1(N)CCCCC1C(=O)Nc1ccc(Br)cc1.Cl. The van der Waals surface area contributed by atoms with E-state index in [1.165, 1.54) is 0 Å². The van der Waals surface area contributed by atoms with Gasteiger partial charge in [-0.2, -0.15) is 0 Å². The predicted molar refractivity (Wildman–Crippen MR) is 84.6 cm³/mol. The van der Waals surface area contributed by atoms with Gasteiger partial charge in [-0.15, -0.1) is 12.4 Å². The van der Waals surface area contributed by atoms with Gasteiger partial charge in [-0.3, -0.25) is 4.79 Å². The first-order chi connectivity index (χ1) is 8.49. The van der Waals surface area contributed by atoms with Gasteiger partial charge in [0, 0.05) is 15.7 Å². The topological polar surface area (TPSA) is 55.1 Å². The Balaban J connectivity index is 0.00000180. The number of amides is 1. The summed E-state index contributed by atoms with van der Waals surface area (Å²) >= 11 is 3.37. The van der Waals surface area contributed by atoms with Gasteiger partial charge in [-0.1, -0.05) is 28.8 Å². The van der Waals surface area contributed by atoms with Gasteiger partial charge in [-0.05, 0) is 44.0 Å². The molecular formula is C14H20BrClN2O. The summed E-state index contributed by atoms with van der Waals surface area (Å²) in [5, 5.41) is 2.95. The summed E-state index contributed by atoms with van der Waals surface area (Å²) in [4.78, 5) is 12.3. The van der Waals surface area contributed by atoms with E-state index in [0.717, 1.165) is 35.8 Å². The highest BCUT2D eigenvalue weighted by Gasteiger charge is 2.37. The van der Waals surface area contributed by atoms with Crippen LogP contribution in [0.2, 0.25) is 0 Å². The smallest absolute Gasteiger partial charge is 0.229 e. The summed E-state index contributed by atoms with van der Waals surface area (Å²) < 4.78 is 1.00. The van der Waals surface area contributed by atoms with Crippen LogP contribution in [0.15, 0.2) is 28.7 Å². The van der Waals surface area contributed by atoms with E-state index in [2.05, 4.69) is 21.2 Å². The van der Waals surface area contributed by atoms with Crippen LogP contribution in [0.3, 0.4) is 0 Å². The molecule has 0 aromatic heterocycles. The second kappa shape index (κ2) is 6.73. The van der Waals surface area contributed by atoms with Crippen LogP contribution in [0, 0.1) is 5.92 Å². The average molecular weight is 348 g/mol. The molecule has 5 heteroatoms. The van der Waals surface area contributed by atoms with Gasteiger partial charge >= 0.3 is 0 Å². The predicted octanol–water partition coefficient (Wildman–Crippen LogP) is 3.72. The third-order valence-electron chi connectivity index (χ3n) is 3.68. The maximum absolute atomic E-state index is 12.3. The van der Waals surface area contributed by atoms with Gasteiger partial charge in [0.2, 0.25) is 5.91 Å². The van der Waals surface area contributed by atoms with E-state index in [1.54, 1.807) is 0 Å². The zero-order chi connectivity index (χ0) is 13.2. The number of halogens is 2. The van der Waals surface area contributed by atoms with Gasteiger partial charge in [-0.25, -0.2) is 0 Å². The highest BCUT2D eigenvalue weighted by atomic mass is 79.9. The molecule has 1 aromatic rings. The van der Waals surface area contributed by atoms with E-state index >= 15 is 0 Å². The summed E-state index contributed by atoms with van der Waals surface area (Å²) in [6.45, 7) is 1.98. The molecule has 19 heavy (non-hydrogen) atoms. The lowest BCUT2D eigenvalue weighted by atomic mass is 9.74. The highest BCUT2D eigenvalue weighted by Crippen LogP contribution is 2.32. The maximum Gasteiger partial charge on any atom is 0.229 e. The highest BCUT2D eigenvalue weighted by molar-refractivity contribution is 9.10. The first kappa shape index (κ1) is 16.5. The molecule has 2 rings (SSSR count). The third-order valence-corrected chi connectivity index (χ3v) is 4.21. The molecule has 1 aromatic carbocycles. The Labute approximate surface area is 128 Å². The van der Waals surface area contributed by atoms with Crippen LogP contribution in [0.4, 0.5) is 5.69 Å². The van der Waals surface area contributed by atoms with Crippen molar-refractivity contribution >= 4 is 39.9 Å². The van der Waals surface area contributed by atoms with Crippen LogP contribution >= 0.6 is 28.3 Å². The van der Waals surface area contributed by atoms with Crippen molar-refractivity contribution in [2.45, 2.75) is 38.1 Å². The van der Waals surface area contributed by atoms with Crippen LogP contribution < -0.4 is 11.1 Å². The third kappa shape index (κ3) is 4.20. The lowest BCUT2D eigenvalue weighted by Crippen LogP contribution is -2.51. The molecule has 0 aliphatic heterocycles. The molecule has 0 bridgehead atoms. The number of nitrogens with two attached hydrogens (primary N) is 1. The van der Waals surface area contributed by atoms with Gasteiger partial charge in [0.15, 0.2) is 0 Å². The molecule has 1 fully saturated rings. The molecule has 1 aliphatic carbocycles. The van der Waals surface area contributed by atoms with Crippen molar-refractivity contribution in [1.82, 2.24) is 0 Å². The summed E-state index contributed by atoms with van der Waals surface area (Å²) in [5.74, 6) is -0.0445. The Morgan fingerprint density at radius 2 is 2.00 bits per heavy atom. The molecule has 1 aliphatic rings. The summed E-state index contributed by atoms with van der Waals surface area (Å²) in [5.41, 5.74) is 6.68. The minimum atomic E-state index is -0.377. The minimum Gasteiger partial charge on any atom is -0.326 e. The van der Waals surface area contributed by atoms with Crippen molar-refractivity contribution in [3.63, 3.8) is 0 Å². The molecule has 0 spiro atoms. The van der Waals surface area contributed by atoms with Crippen molar-refractivity contribution in [2.24, 2.45) is 11.7 Å². The molecule has 3 N–H and O–H groups in total. The van der Waals surface area contributed by atoms with Gasteiger partial charge < -0.3 is 11.1 Å². The number of benzene rings is 1. The molecule has 0 radical (unpaired) electrons. The first-order valence-corrected chi connectivity index (χ1v) is 7.14. The Hall–Kier alpha value is -0.580. The summed E-state index contributed by atoms with van der Waals surface area (Å²) in [6, 6.07) is 7.60. The second-order valence-corrected chi connectivity index (χ2v) is 6.22. The van der Waals surface area contributed by atoms with Crippen LogP contribution in [0.1, 0.15) is 32.6 Å². The number of hydrogen-bond acceptors (Lipinski definition) is 2. The first-order valence-electron chi connectivity index (χ1n) is 6.34. The Morgan fingerprint density at radius 3 is 2.58 bits per heavy atom. The summed E-state index contributed by atoms with van der Waals surface area (Å²) in [6.07, 6.45) is 4.01. The Bertz CT molecular complexity index is 434. The number of anilines is 1. The van der Waals surface area contributed by atoms with Gasteiger partial charge in [0.05, 0.1) is 5.92 Å². The van der Waals surface area contributed by atoms with Gasteiger partial charge in [0.25, 0.3) is 0 Å². The van der Waals surface area contributed by atoms with Crippen molar-refractivity contribution in [3.8, 4) is 0 Å². The number of nitrogens with one attached hydrogen (secondary N) is 1. The standard InChI is InChI=1S/C14H19BrN2O.ClH/c1-14(16)9-3-2-4-12(14)13(18)17-11-7-5-10(15)6-8-11;/h5-8,12H,2-4,9,16H2,1H3,(H,17,18);1H. The van der Waals surface area contributed by atoms with Crippen molar-refractivity contribution in [3.05, 3.63) is 28.7 Å². The minimum absolute atomic E-state index is 0. The number of rotatable bonds is 2. The fourth-order valence-electron chi connectivity index (χ4n) is 2.55. The van der Waals surface area contributed by atoms with Crippen LogP contribution in [-0.4, -0.2) is 11.4 Å². The van der Waals surface area contributed by atoms with Crippen molar-refractivity contribution in [2.75, 3.05) is 5.32 Å². The zero-order valence-corrected chi connectivity index (χ0v) is 13.4. The normalized spacial score (nSPS) is 26.4. The number of carbonyl (C=O) groups excluding carboxylic acids is 1. The Morgan fingerprint density at radius 1 is 1.37 bits per heavy atom. The molecule has 0 heterocycles. The number of carbonyl (C=O) groups is 1. The van der Waals surface area contributed by atoms with Crippen LogP contribution in [0.5, 0.6) is 0 Å². The fourth-order valence-corrected chi connectivity index (χ4v) is 2.82. The summed E-state index contributed by atoms with van der Waals surface area (Å²) in [7, 11) is 0. The van der Waals surface area contributed by atoms with E-state index < -0.39 is 0 Å². The van der Waals surface area contributed by atoms with E-state index in [9.17, 15) is 4.79 Å². The lowest BCUT2D eigenvalue weighted by molar-refractivity contribution is -0.122. The van der Waals surface area contributed by atoms with Crippen molar-refractivity contribution in [1.29, 1.82) is 0 Å². The van der Waals surface area contributed by atoms with E-state index in [-0.39, 0.29) is 29.8 Å². The molecule has 106 valence electrons. The zero-order valence-electron chi connectivity index (χ0n) is 11.0. The van der Waals surface area contributed by atoms with Crippen LogP contribution in [0.25, 0.3) is 0 Å². The van der Waals surface area contributed by atoms with E-state index in [1.807, 2.05) is 31.2 Å². The lowest BCUT2D eigenvalue weighted by Gasteiger charge is -2.37. The average Bonchev–Trinajstić information content (AvgIpc) is 2.31. The van der Waals surface area contributed by atoms with E-state index in [4.69, 9.17) is 5.73 Å². The molecule has 2 unspecified atom stereocenters. The van der Waals surface area contributed by atoms with E-state index in [0.29, 0.717) is 0 Å². The van der Waals surface area contributed by atoms with Crippen LogP contribution in [-0.2, 0) is 4.79 Å².